The zero-order chi connectivity index (χ0) is 12.1. The Balaban J connectivity index is 1.83. The van der Waals surface area contributed by atoms with E-state index in [-0.39, 0.29) is 0 Å². The predicted octanol–water partition coefficient (Wildman–Crippen LogP) is 1.24. The van der Waals surface area contributed by atoms with E-state index in [1.807, 2.05) is 0 Å². The van der Waals surface area contributed by atoms with Crippen molar-refractivity contribution >= 4 is 5.82 Å². The molecule has 5 heteroatoms. The summed E-state index contributed by atoms with van der Waals surface area (Å²) in [5.41, 5.74) is 0.550. The second kappa shape index (κ2) is 5.60. The molecule has 0 unspecified atom stereocenters. The summed E-state index contributed by atoms with van der Waals surface area (Å²) in [7, 11) is 0. The molecular weight excluding hydrogens is 214 g/mol. The van der Waals surface area contributed by atoms with E-state index in [0.717, 1.165) is 25.7 Å². The molecule has 0 aromatic carbocycles. The molecule has 1 heterocycles. The summed E-state index contributed by atoms with van der Waals surface area (Å²) in [4.78, 5) is 2.45. The first-order valence-electron chi connectivity index (χ1n) is 6.05. The number of aromatic nitrogens is 2. The Labute approximate surface area is 101 Å². The van der Waals surface area contributed by atoms with E-state index in [2.05, 4.69) is 33.4 Å². The van der Waals surface area contributed by atoms with Gasteiger partial charge < -0.3 is 5.32 Å². The van der Waals surface area contributed by atoms with Gasteiger partial charge >= 0.3 is 0 Å². The highest BCUT2D eigenvalue weighted by Crippen LogP contribution is 2.25. The molecule has 17 heavy (non-hydrogen) atoms. The summed E-state index contributed by atoms with van der Waals surface area (Å²) in [6, 6.07) is 4.56. The van der Waals surface area contributed by atoms with Crippen molar-refractivity contribution in [2.75, 3.05) is 25.0 Å². The van der Waals surface area contributed by atoms with Gasteiger partial charge in [-0.1, -0.05) is 6.92 Å². The van der Waals surface area contributed by atoms with Crippen LogP contribution < -0.4 is 5.32 Å². The van der Waals surface area contributed by atoms with Gasteiger partial charge in [0, 0.05) is 19.1 Å². The molecule has 0 saturated heterocycles. The first-order chi connectivity index (χ1) is 8.35. The van der Waals surface area contributed by atoms with Crippen LogP contribution in [-0.4, -0.2) is 40.8 Å². The largest absolute Gasteiger partial charge is 0.366 e. The van der Waals surface area contributed by atoms with Gasteiger partial charge in [0.15, 0.2) is 5.82 Å². The maximum atomic E-state index is 8.90. The smallest absolute Gasteiger partial charge is 0.166 e. The van der Waals surface area contributed by atoms with Gasteiger partial charge in [0.05, 0.1) is 11.8 Å². The van der Waals surface area contributed by atoms with Crippen LogP contribution >= 0.6 is 0 Å². The maximum absolute atomic E-state index is 8.90. The first-order valence-corrected chi connectivity index (χ1v) is 6.05. The summed E-state index contributed by atoms with van der Waals surface area (Å²) >= 11 is 0. The van der Waals surface area contributed by atoms with Crippen molar-refractivity contribution in [3.63, 3.8) is 0 Å². The van der Waals surface area contributed by atoms with Crippen molar-refractivity contribution in [3.05, 3.63) is 17.8 Å². The van der Waals surface area contributed by atoms with Gasteiger partial charge in [0.1, 0.15) is 6.07 Å². The van der Waals surface area contributed by atoms with Crippen molar-refractivity contribution in [3.8, 4) is 6.07 Å². The minimum atomic E-state index is 0.550. The Morgan fingerprint density at radius 3 is 3.06 bits per heavy atom. The number of nitriles is 1. The normalized spacial score (nSPS) is 14.6. The standard InChI is InChI=1S/C12H17N5/c1-2-17(11-3-4-11)8-7-14-12-10(9-13)5-6-15-16-12/h5-6,11H,2-4,7-8H2,1H3,(H,14,16). The number of rotatable bonds is 6. The first kappa shape index (κ1) is 11.8. The third kappa shape index (κ3) is 3.14. The van der Waals surface area contributed by atoms with E-state index in [0.29, 0.717) is 11.4 Å². The zero-order valence-corrected chi connectivity index (χ0v) is 10.1. The second-order valence-corrected chi connectivity index (χ2v) is 4.19. The van der Waals surface area contributed by atoms with Crippen LogP contribution in [0.25, 0.3) is 0 Å². The molecule has 1 aromatic rings. The lowest BCUT2D eigenvalue weighted by Gasteiger charge is -2.19. The fourth-order valence-electron chi connectivity index (χ4n) is 1.91. The van der Waals surface area contributed by atoms with Crippen LogP contribution in [0.2, 0.25) is 0 Å². The van der Waals surface area contributed by atoms with Gasteiger partial charge in [-0.25, -0.2) is 0 Å². The van der Waals surface area contributed by atoms with E-state index >= 15 is 0 Å². The van der Waals surface area contributed by atoms with E-state index in [9.17, 15) is 0 Å². The number of hydrogen-bond acceptors (Lipinski definition) is 5. The summed E-state index contributed by atoms with van der Waals surface area (Å²) in [6.45, 7) is 5.06. The van der Waals surface area contributed by atoms with Gasteiger partial charge in [-0.3, -0.25) is 4.90 Å². The van der Waals surface area contributed by atoms with E-state index in [1.165, 1.54) is 19.0 Å². The van der Waals surface area contributed by atoms with Gasteiger partial charge in [0.25, 0.3) is 0 Å². The molecule has 1 fully saturated rings. The predicted molar refractivity (Wildman–Crippen MR) is 65.5 cm³/mol. The Bertz CT molecular complexity index is 408. The van der Waals surface area contributed by atoms with Crippen molar-refractivity contribution in [2.24, 2.45) is 0 Å². The third-order valence-electron chi connectivity index (χ3n) is 3.00. The average molecular weight is 231 g/mol. The minimum Gasteiger partial charge on any atom is -0.366 e. The van der Waals surface area contributed by atoms with E-state index < -0.39 is 0 Å². The highest BCUT2D eigenvalue weighted by molar-refractivity contribution is 5.49. The van der Waals surface area contributed by atoms with Crippen LogP contribution in [0.1, 0.15) is 25.3 Å². The lowest BCUT2D eigenvalue weighted by Crippen LogP contribution is -2.31. The lowest BCUT2D eigenvalue weighted by molar-refractivity contribution is 0.289. The van der Waals surface area contributed by atoms with Crippen LogP contribution in [0.3, 0.4) is 0 Å². The SMILES string of the molecule is CCN(CCNc1nnccc1C#N)C1CC1. The summed E-state index contributed by atoms with van der Waals surface area (Å²) in [5.74, 6) is 0.585. The Kier molecular flexibility index (Phi) is 3.89. The molecule has 2 rings (SSSR count). The molecule has 1 aliphatic rings. The summed E-state index contributed by atoms with van der Waals surface area (Å²) in [5, 5.41) is 19.8. The molecule has 1 aromatic heterocycles. The number of likely N-dealkylation sites (N-methyl/N-ethyl adjacent to an activating group) is 1. The fourth-order valence-corrected chi connectivity index (χ4v) is 1.91. The Morgan fingerprint density at radius 1 is 1.59 bits per heavy atom. The summed E-state index contributed by atoms with van der Waals surface area (Å²) in [6.07, 6.45) is 4.18. The molecule has 0 atom stereocenters. The van der Waals surface area contributed by atoms with Crippen molar-refractivity contribution in [1.29, 1.82) is 5.26 Å². The molecule has 5 nitrogen and oxygen atoms in total. The van der Waals surface area contributed by atoms with Gasteiger partial charge in [0.2, 0.25) is 0 Å². The topological polar surface area (TPSA) is 64.8 Å². The molecule has 1 saturated carbocycles. The molecule has 1 N–H and O–H groups in total. The highest BCUT2D eigenvalue weighted by Gasteiger charge is 2.27. The Hall–Kier alpha value is -1.67. The fraction of sp³-hybridized carbons (Fsp3) is 0.583. The molecule has 0 radical (unpaired) electrons. The molecule has 0 spiro atoms. The quantitative estimate of drug-likeness (QED) is 0.798. The number of nitrogens with zero attached hydrogens (tertiary/aromatic N) is 4. The molecule has 90 valence electrons. The Morgan fingerprint density at radius 2 is 2.41 bits per heavy atom. The lowest BCUT2D eigenvalue weighted by atomic mass is 10.3. The summed E-state index contributed by atoms with van der Waals surface area (Å²) < 4.78 is 0. The highest BCUT2D eigenvalue weighted by atomic mass is 15.2. The molecule has 1 aliphatic carbocycles. The van der Waals surface area contributed by atoms with Crippen LogP contribution in [0, 0.1) is 11.3 Å². The monoisotopic (exact) mass is 231 g/mol. The minimum absolute atomic E-state index is 0.550. The van der Waals surface area contributed by atoms with Gasteiger partial charge in [-0.05, 0) is 25.5 Å². The number of hydrogen-bond donors (Lipinski definition) is 1. The van der Waals surface area contributed by atoms with Gasteiger partial charge in [-0.15, -0.1) is 5.10 Å². The molecule has 0 bridgehead atoms. The molecular formula is C12H17N5. The second-order valence-electron chi connectivity index (χ2n) is 4.19. The number of anilines is 1. The van der Waals surface area contributed by atoms with E-state index in [1.54, 1.807) is 6.07 Å². The molecule has 0 amide bonds. The van der Waals surface area contributed by atoms with Crippen LogP contribution in [0.15, 0.2) is 12.3 Å². The van der Waals surface area contributed by atoms with Crippen molar-refractivity contribution in [1.82, 2.24) is 15.1 Å². The van der Waals surface area contributed by atoms with Crippen molar-refractivity contribution in [2.45, 2.75) is 25.8 Å². The van der Waals surface area contributed by atoms with Crippen molar-refractivity contribution < 1.29 is 0 Å². The van der Waals surface area contributed by atoms with Crippen LogP contribution in [0.4, 0.5) is 5.82 Å². The zero-order valence-electron chi connectivity index (χ0n) is 10.1. The molecule has 0 aliphatic heterocycles. The van der Waals surface area contributed by atoms with Crippen LogP contribution in [-0.2, 0) is 0 Å². The number of nitrogens with one attached hydrogen (secondary N) is 1. The van der Waals surface area contributed by atoms with Crippen LogP contribution in [0.5, 0.6) is 0 Å². The average Bonchev–Trinajstić information content (AvgIpc) is 3.19. The maximum Gasteiger partial charge on any atom is 0.166 e. The van der Waals surface area contributed by atoms with E-state index in [4.69, 9.17) is 5.26 Å². The van der Waals surface area contributed by atoms with Gasteiger partial charge in [-0.2, -0.15) is 10.4 Å². The third-order valence-corrected chi connectivity index (χ3v) is 3.00.